The Morgan fingerprint density at radius 1 is 1.80 bits per heavy atom. The normalized spacial score (nSPS) is 10.6. The van der Waals surface area contributed by atoms with E-state index in [0.717, 1.165) is 12.8 Å². The summed E-state index contributed by atoms with van der Waals surface area (Å²) in [7, 11) is 0. The Morgan fingerprint density at radius 2 is 2.20 bits per heavy atom. The first-order valence-electron chi connectivity index (χ1n) is 3.13. The van der Waals surface area contributed by atoms with Gasteiger partial charge in [0.25, 0.3) is 6.47 Å². The first-order chi connectivity index (χ1) is 4.68. The Kier molecular flexibility index (Phi) is 13.1. The van der Waals surface area contributed by atoms with Crippen molar-refractivity contribution in [3.05, 3.63) is 12.7 Å². The van der Waals surface area contributed by atoms with Gasteiger partial charge >= 0.3 is 0 Å². The topological polar surface area (TPSA) is 63.3 Å². The number of nitrogens with two attached hydrogens (primary N) is 1. The molecule has 1 atom stereocenters. The van der Waals surface area contributed by atoms with Crippen molar-refractivity contribution in [3.8, 4) is 0 Å². The lowest BCUT2D eigenvalue weighted by molar-refractivity contribution is -0.122. The standard InChI is InChI=1S/C6H13N.CH2O2/c1-3-4-5-6(2)7;2-1-3/h3,6H,1,4-5,7H2,2H3;1H,(H,2,3). The fraction of sp³-hybridized carbons (Fsp3) is 0.571. The fourth-order valence-electron chi connectivity index (χ4n) is 0.381. The first-order valence-corrected chi connectivity index (χ1v) is 3.13. The minimum absolute atomic E-state index is 0.250. The largest absolute Gasteiger partial charge is 0.483 e. The quantitative estimate of drug-likeness (QED) is 0.460. The van der Waals surface area contributed by atoms with Gasteiger partial charge in [-0.2, -0.15) is 0 Å². The van der Waals surface area contributed by atoms with Crippen molar-refractivity contribution in [2.45, 2.75) is 25.8 Å². The molecule has 3 heteroatoms. The van der Waals surface area contributed by atoms with Gasteiger partial charge in [0.05, 0.1) is 0 Å². The van der Waals surface area contributed by atoms with E-state index in [9.17, 15) is 0 Å². The molecule has 0 aromatic heterocycles. The summed E-state index contributed by atoms with van der Waals surface area (Å²) in [4.78, 5) is 8.36. The van der Waals surface area contributed by atoms with Crippen LogP contribution in [0.5, 0.6) is 0 Å². The van der Waals surface area contributed by atoms with Crippen LogP contribution in [0.2, 0.25) is 0 Å². The van der Waals surface area contributed by atoms with Crippen molar-refractivity contribution in [3.63, 3.8) is 0 Å². The molecule has 3 nitrogen and oxygen atoms in total. The lowest BCUT2D eigenvalue weighted by atomic mass is 10.2. The maximum absolute atomic E-state index is 8.36. The van der Waals surface area contributed by atoms with Gasteiger partial charge in [0.2, 0.25) is 0 Å². The summed E-state index contributed by atoms with van der Waals surface area (Å²) in [6, 6.07) is 0.331. The summed E-state index contributed by atoms with van der Waals surface area (Å²) in [6.45, 7) is 5.33. The van der Waals surface area contributed by atoms with Crippen LogP contribution in [-0.2, 0) is 4.79 Å². The third kappa shape index (κ3) is 27.2. The second-order valence-corrected chi connectivity index (χ2v) is 1.95. The van der Waals surface area contributed by atoms with Crippen LogP contribution >= 0.6 is 0 Å². The first kappa shape index (κ1) is 11.9. The Morgan fingerprint density at radius 3 is 2.30 bits per heavy atom. The Labute approximate surface area is 61.5 Å². The van der Waals surface area contributed by atoms with Crippen molar-refractivity contribution in [1.29, 1.82) is 0 Å². The van der Waals surface area contributed by atoms with E-state index in [1.54, 1.807) is 0 Å². The molecule has 3 N–H and O–H groups in total. The Balaban J connectivity index is 0. The minimum Gasteiger partial charge on any atom is -0.483 e. The monoisotopic (exact) mass is 145 g/mol. The number of hydrogen-bond donors (Lipinski definition) is 2. The van der Waals surface area contributed by atoms with E-state index in [-0.39, 0.29) is 6.47 Å². The number of allylic oxidation sites excluding steroid dienone is 1. The van der Waals surface area contributed by atoms with Gasteiger partial charge in [-0.15, -0.1) is 6.58 Å². The van der Waals surface area contributed by atoms with Gasteiger partial charge in [-0.25, -0.2) is 0 Å². The highest BCUT2D eigenvalue weighted by Crippen LogP contribution is 1.91. The molecule has 0 aliphatic carbocycles. The SMILES string of the molecule is C=CCCC(C)N.O=CO. The highest BCUT2D eigenvalue weighted by molar-refractivity contribution is 5.32. The highest BCUT2D eigenvalue weighted by atomic mass is 16.3. The van der Waals surface area contributed by atoms with Crippen molar-refractivity contribution in [2.24, 2.45) is 5.73 Å². The van der Waals surface area contributed by atoms with Gasteiger partial charge in [-0.05, 0) is 19.8 Å². The summed E-state index contributed by atoms with van der Waals surface area (Å²) in [6.07, 6.45) is 3.99. The van der Waals surface area contributed by atoms with Crippen LogP contribution in [0.15, 0.2) is 12.7 Å². The van der Waals surface area contributed by atoms with E-state index in [0.29, 0.717) is 6.04 Å². The molecule has 0 fully saturated rings. The number of carbonyl (C=O) groups is 1. The predicted octanol–water partition coefficient (Wildman–Crippen LogP) is 1.00. The summed E-state index contributed by atoms with van der Waals surface area (Å²) in [5, 5.41) is 6.89. The molecule has 0 radical (unpaired) electrons. The molecule has 0 amide bonds. The highest BCUT2D eigenvalue weighted by Gasteiger charge is 1.87. The third-order valence-corrected chi connectivity index (χ3v) is 0.826. The van der Waals surface area contributed by atoms with Crippen molar-refractivity contribution in [1.82, 2.24) is 0 Å². The molecule has 0 aromatic carbocycles. The fourth-order valence-corrected chi connectivity index (χ4v) is 0.381. The molecule has 0 spiro atoms. The second kappa shape index (κ2) is 11.0. The van der Waals surface area contributed by atoms with Crippen LogP contribution in [0.25, 0.3) is 0 Å². The van der Waals surface area contributed by atoms with Crippen LogP contribution in [-0.4, -0.2) is 17.6 Å². The maximum atomic E-state index is 8.36. The van der Waals surface area contributed by atoms with Crippen LogP contribution in [0.4, 0.5) is 0 Å². The van der Waals surface area contributed by atoms with E-state index in [1.807, 2.05) is 13.0 Å². The van der Waals surface area contributed by atoms with Crippen LogP contribution in [0.3, 0.4) is 0 Å². The van der Waals surface area contributed by atoms with E-state index in [1.165, 1.54) is 0 Å². The van der Waals surface area contributed by atoms with E-state index in [2.05, 4.69) is 6.58 Å². The molecular formula is C7H15NO2. The second-order valence-electron chi connectivity index (χ2n) is 1.95. The van der Waals surface area contributed by atoms with Crippen LogP contribution in [0.1, 0.15) is 19.8 Å². The molecule has 10 heavy (non-hydrogen) atoms. The van der Waals surface area contributed by atoms with Crippen LogP contribution in [0, 0.1) is 0 Å². The number of hydrogen-bond acceptors (Lipinski definition) is 2. The molecule has 0 bridgehead atoms. The van der Waals surface area contributed by atoms with Gasteiger partial charge < -0.3 is 10.8 Å². The van der Waals surface area contributed by atoms with Gasteiger partial charge in [-0.3, -0.25) is 4.79 Å². The molecule has 0 rings (SSSR count). The average molecular weight is 145 g/mol. The zero-order valence-electron chi connectivity index (χ0n) is 6.29. The molecule has 0 aliphatic rings. The van der Waals surface area contributed by atoms with Gasteiger partial charge in [0.15, 0.2) is 0 Å². The van der Waals surface area contributed by atoms with E-state index in [4.69, 9.17) is 15.6 Å². The summed E-state index contributed by atoms with van der Waals surface area (Å²) in [5.41, 5.74) is 5.43. The van der Waals surface area contributed by atoms with Gasteiger partial charge in [0.1, 0.15) is 0 Å². The van der Waals surface area contributed by atoms with Gasteiger partial charge in [-0.1, -0.05) is 6.08 Å². The lowest BCUT2D eigenvalue weighted by Gasteiger charge is -1.97. The Bertz CT molecular complexity index is 81.7. The van der Waals surface area contributed by atoms with Crippen LogP contribution < -0.4 is 5.73 Å². The molecule has 0 aromatic rings. The molecule has 0 saturated carbocycles. The maximum Gasteiger partial charge on any atom is 0.290 e. The smallest absolute Gasteiger partial charge is 0.290 e. The molecule has 0 aliphatic heterocycles. The Hall–Kier alpha value is -0.830. The third-order valence-electron chi connectivity index (χ3n) is 0.826. The number of carboxylic acid groups (broad SMARTS) is 1. The number of rotatable bonds is 3. The lowest BCUT2D eigenvalue weighted by Crippen LogP contribution is -2.13. The van der Waals surface area contributed by atoms with E-state index < -0.39 is 0 Å². The average Bonchev–Trinajstić information content (AvgIpc) is 1.85. The summed E-state index contributed by atoms with van der Waals surface area (Å²) >= 11 is 0. The molecule has 0 saturated heterocycles. The molecular weight excluding hydrogens is 130 g/mol. The zero-order chi connectivity index (χ0) is 8.41. The predicted molar refractivity (Wildman–Crippen MR) is 41.8 cm³/mol. The van der Waals surface area contributed by atoms with Gasteiger partial charge in [0, 0.05) is 6.04 Å². The molecule has 0 heterocycles. The summed E-state index contributed by atoms with van der Waals surface area (Å²) < 4.78 is 0. The van der Waals surface area contributed by atoms with Crippen molar-refractivity contribution >= 4 is 6.47 Å². The summed E-state index contributed by atoms with van der Waals surface area (Å²) in [5.74, 6) is 0. The zero-order valence-corrected chi connectivity index (χ0v) is 6.29. The van der Waals surface area contributed by atoms with Crippen molar-refractivity contribution in [2.75, 3.05) is 0 Å². The minimum atomic E-state index is -0.250. The molecule has 1 unspecified atom stereocenters. The van der Waals surface area contributed by atoms with E-state index >= 15 is 0 Å². The van der Waals surface area contributed by atoms with Crippen molar-refractivity contribution < 1.29 is 9.90 Å². The molecule has 60 valence electrons.